The first-order valence-electron chi connectivity index (χ1n) is 50.6. The fourth-order valence-corrected chi connectivity index (χ4v) is 25.5. The molecule has 0 radical (unpaired) electrons. The van der Waals surface area contributed by atoms with E-state index in [9.17, 15) is 0 Å². The fourth-order valence-electron chi connectivity index (χ4n) is 25.5. The summed E-state index contributed by atoms with van der Waals surface area (Å²) in [5.41, 5.74) is 56.3. The van der Waals surface area contributed by atoms with Gasteiger partial charge in [0.25, 0.3) is 0 Å². The predicted octanol–water partition coefficient (Wildman–Crippen LogP) is 21.7. The van der Waals surface area contributed by atoms with E-state index in [0.29, 0.717) is 0 Å². The minimum atomic E-state index is 1.06. The quantitative estimate of drug-likeness (QED) is 0.136. The molecule has 0 atom stereocenters. The standard InChI is InChI=1S/3C27H26N2.C25H22N2.C21H20N2/c1-17-7-6-10-24-25-21(13-16-29(17)24)18(2)19(3)22-12-15-28-14-11-20-8-4-5-9-23(20)27(28)26(22)25;1-17-8-12-28-14-10-21-18(2)19(3)22-11-15-29-13-9-20-6-4-5-7-23(20)27(29)26(22)25(21)24(28)16-17;1-19-12-16-28-14-4-7-21-10-11-22-8-5-15-29-17-13-20-6-2-3-9-23(20)27(29)26(22)25(21)24(28)18-19;1-17-8-12-26-13-10-19-6-7-20-11-15-27-14-9-18-4-2-3-5-21(18)25(27)24(20)23(19)22(26)16-17;1-15-7-11-23-13-9-17-6-5-16-8-12-22-10-3-2-4-18(22)20(16)21(17)19(23)14-15/h4-11,14H,12-13,15-16H2,1-3H3;4-9,12-13,16H,10-11,14-15H2,1-3H3;2-3,6,9-13,16-18H,4-5,7-8,14-15H2,1H3;2-9,12,14,16H,10-11,13,15H2,1H3;2-7,10-11,14H,8-9,12-13H2,1H3/q5*+2. The third-order valence-electron chi connectivity index (χ3n) is 32.6. The molecule has 10 aliphatic heterocycles. The lowest BCUT2D eigenvalue weighted by Crippen LogP contribution is -2.45. The Bertz CT molecular complexity index is 8200. The van der Waals surface area contributed by atoms with E-state index < -0.39 is 0 Å². The smallest absolute Gasteiger partial charge is 0.198 e. The van der Waals surface area contributed by atoms with Crippen molar-refractivity contribution in [3.05, 3.63) is 404 Å². The molecule has 668 valence electrons. The molecule has 10 aliphatic rings. The number of rotatable bonds is 0. The van der Waals surface area contributed by atoms with Crippen molar-refractivity contribution in [2.75, 3.05) is 0 Å². The van der Waals surface area contributed by atoms with Gasteiger partial charge in [0.2, 0.25) is 56.9 Å². The first-order chi connectivity index (χ1) is 67.2. The van der Waals surface area contributed by atoms with Crippen LogP contribution in [0.1, 0.15) is 119 Å². The lowest BCUT2D eigenvalue weighted by atomic mass is 9.79. The second-order valence-electron chi connectivity index (χ2n) is 40.4. The number of aromatic nitrogens is 10. The number of hydrogen-bond acceptors (Lipinski definition) is 0. The highest BCUT2D eigenvalue weighted by Crippen LogP contribution is 2.50. The monoisotopic (exact) mass is 1780 g/mol. The summed E-state index contributed by atoms with van der Waals surface area (Å²) >= 11 is 0. The summed E-state index contributed by atoms with van der Waals surface area (Å²) in [5.74, 6) is 0. The number of pyridine rings is 10. The van der Waals surface area contributed by atoms with Crippen LogP contribution in [0.2, 0.25) is 0 Å². The summed E-state index contributed by atoms with van der Waals surface area (Å²) in [5, 5.41) is 10.8. The van der Waals surface area contributed by atoms with Crippen LogP contribution >= 0.6 is 0 Å². The first-order valence-corrected chi connectivity index (χ1v) is 50.6. The minimum absolute atomic E-state index is 1.06. The molecule has 9 aromatic carbocycles. The van der Waals surface area contributed by atoms with Crippen molar-refractivity contribution in [2.24, 2.45) is 0 Å². The maximum atomic E-state index is 2.52. The van der Waals surface area contributed by atoms with Crippen LogP contribution in [0.25, 0.3) is 156 Å². The Morgan fingerprint density at radius 1 is 0.182 bits per heavy atom. The van der Waals surface area contributed by atoms with E-state index in [0.717, 1.165) is 130 Å². The average molecular weight is 1790 g/mol. The van der Waals surface area contributed by atoms with E-state index >= 15 is 0 Å². The Kier molecular flexibility index (Phi) is 21.0. The van der Waals surface area contributed by atoms with Crippen LogP contribution in [0.4, 0.5) is 0 Å². The van der Waals surface area contributed by atoms with Gasteiger partial charge in [-0.2, -0.15) is 45.7 Å². The molecule has 10 nitrogen and oxygen atoms in total. The maximum absolute atomic E-state index is 2.52. The highest BCUT2D eigenvalue weighted by Gasteiger charge is 2.43. The maximum Gasteiger partial charge on any atom is 0.221 e. The van der Waals surface area contributed by atoms with Gasteiger partial charge < -0.3 is 0 Å². The average Bonchev–Trinajstić information content (AvgIpc) is 0.999. The zero-order chi connectivity index (χ0) is 92.1. The molecule has 0 unspecified atom stereocenters. The van der Waals surface area contributed by atoms with Gasteiger partial charge in [-0.1, -0.05) is 109 Å². The molecule has 10 aromatic heterocycles. The molecule has 20 heterocycles. The number of hydrogen-bond donors (Lipinski definition) is 0. The predicted molar refractivity (Wildman–Crippen MR) is 547 cm³/mol. The zero-order valence-electron chi connectivity index (χ0n) is 80.8. The Labute approximate surface area is 805 Å². The Hall–Kier alpha value is -14.5. The van der Waals surface area contributed by atoms with E-state index in [-0.39, 0.29) is 0 Å². The van der Waals surface area contributed by atoms with E-state index in [1.807, 2.05) is 0 Å². The summed E-state index contributed by atoms with van der Waals surface area (Å²) in [6.07, 6.45) is 34.0. The van der Waals surface area contributed by atoms with Crippen LogP contribution in [-0.2, 0) is 130 Å². The molecule has 0 saturated carbocycles. The largest absolute Gasteiger partial charge is 0.221 e. The highest BCUT2D eigenvalue weighted by atomic mass is 15.0. The van der Waals surface area contributed by atoms with Gasteiger partial charge in [-0.3, -0.25) is 0 Å². The van der Waals surface area contributed by atoms with Crippen molar-refractivity contribution >= 4 is 43.1 Å². The lowest BCUT2D eigenvalue weighted by molar-refractivity contribution is -0.694. The summed E-state index contributed by atoms with van der Waals surface area (Å²) in [4.78, 5) is 0. The molecule has 137 heavy (non-hydrogen) atoms. The second kappa shape index (κ2) is 34.1. The molecule has 0 spiro atoms. The molecule has 0 aliphatic carbocycles. The number of aryl methyl sites for hydroxylation is 20. The number of fused-ring (bicyclic) bond motifs is 43. The van der Waals surface area contributed by atoms with Crippen LogP contribution in [0, 0.1) is 62.3 Å². The third-order valence-corrected chi connectivity index (χ3v) is 32.6. The SMILES string of the molecule is Cc1c(C)c2c(c3c1CC[n+]1ccc4ccccc4c1-3)-c1cccc(C)[n+]1CC2.Cc1cc[n+]2c(c1)-c1c(c(C)c(C)c3c1-c1c4ccccc4cc[n+]1CC3)CC2.Cc1cc[n+]2c(c1)-c1c(ccc3c1-c1c4ccccc4cc[n+]1CC3)CC2.Cc1cc[n+]2c(c1)-c1c(ccc3c1-c1c4ccccc4cc[n+]1CCC3)CCC2.Cc1cc[n+]2c(c1)-c1c(ccc3c1-c1cccc[n+]1CC3)CC2. The third kappa shape index (κ3) is 14.2. The van der Waals surface area contributed by atoms with Crippen LogP contribution in [0.15, 0.2) is 298 Å². The van der Waals surface area contributed by atoms with Crippen molar-refractivity contribution in [1.82, 2.24) is 0 Å². The molecule has 0 saturated heterocycles. The van der Waals surface area contributed by atoms with E-state index in [2.05, 4.69) is 406 Å². The van der Waals surface area contributed by atoms with Gasteiger partial charge in [0.05, 0.1) is 77.2 Å². The number of benzene rings is 9. The Morgan fingerprint density at radius 3 is 0.891 bits per heavy atom. The molecular formula is C127H120N10+10. The van der Waals surface area contributed by atoms with Crippen molar-refractivity contribution in [2.45, 2.75) is 205 Å². The van der Waals surface area contributed by atoms with Gasteiger partial charge in [0, 0.05) is 168 Å². The van der Waals surface area contributed by atoms with E-state index in [1.54, 1.807) is 22.3 Å². The van der Waals surface area contributed by atoms with Gasteiger partial charge in [-0.15, -0.1) is 0 Å². The topological polar surface area (TPSA) is 38.8 Å². The van der Waals surface area contributed by atoms with Crippen LogP contribution < -0.4 is 45.7 Å². The van der Waals surface area contributed by atoms with Crippen molar-refractivity contribution in [3.63, 3.8) is 0 Å². The first kappa shape index (κ1) is 84.3. The normalized spacial score (nSPS) is 14.4. The fraction of sp³-hybridized carbons (Fsp3) is 0.244. The molecule has 0 amide bonds. The molecule has 0 fully saturated rings. The molecule has 0 N–H and O–H groups in total. The van der Waals surface area contributed by atoms with Gasteiger partial charge in [0.15, 0.2) is 114 Å². The van der Waals surface area contributed by atoms with Gasteiger partial charge in [0.1, 0.15) is 13.1 Å². The molecule has 10 heteroatoms. The second-order valence-corrected chi connectivity index (χ2v) is 40.4. The molecule has 0 bridgehead atoms. The summed E-state index contributed by atoms with van der Waals surface area (Å²) in [6.45, 7) is 31.1. The van der Waals surface area contributed by atoms with Gasteiger partial charge in [-0.05, 0) is 226 Å². The summed E-state index contributed by atoms with van der Waals surface area (Å²) < 4.78 is 24.6. The van der Waals surface area contributed by atoms with Gasteiger partial charge >= 0.3 is 0 Å². The molecular weight excluding hydrogens is 1670 g/mol. The van der Waals surface area contributed by atoms with Crippen molar-refractivity contribution in [3.8, 4) is 113 Å². The van der Waals surface area contributed by atoms with E-state index in [1.165, 1.54) is 252 Å². The van der Waals surface area contributed by atoms with Crippen LogP contribution in [-0.4, -0.2) is 0 Å². The van der Waals surface area contributed by atoms with Crippen molar-refractivity contribution in [1.29, 1.82) is 0 Å². The summed E-state index contributed by atoms with van der Waals surface area (Å²) in [7, 11) is 0. The van der Waals surface area contributed by atoms with Gasteiger partial charge in [-0.25, -0.2) is 0 Å². The lowest BCUT2D eigenvalue weighted by Gasteiger charge is -2.27. The summed E-state index contributed by atoms with van der Waals surface area (Å²) in [6, 6.07) is 90.5. The van der Waals surface area contributed by atoms with Crippen LogP contribution in [0.5, 0.6) is 0 Å². The molecule has 29 rings (SSSR count). The van der Waals surface area contributed by atoms with E-state index in [4.69, 9.17) is 0 Å². The highest BCUT2D eigenvalue weighted by molar-refractivity contribution is 6.03. The zero-order valence-corrected chi connectivity index (χ0v) is 80.8. The minimum Gasteiger partial charge on any atom is -0.198 e. The number of nitrogens with zero attached hydrogens (tertiary/aromatic N) is 10. The Balaban J connectivity index is 0.0000000912. The van der Waals surface area contributed by atoms with Crippen LogP contribution in [0.3, 0.4) is 0 Å². The Morgan fingerprint density at radius 2 is 0.460 bits per heavy atom. The van der Waals surface area contributed by atoms with Crippen molar-refractivity contribution < 1.29 is 45.7 Å². The molecule has 19 aromatic rings.